The maximum Gasteiger partial charge on any atom is 0.228 e. The highest BCUT2D eigenvalue weighted by atomic mass is 33.1. The van der Waals surface area contributed by atoms with Gasteiger partial charge in [-0.1, -0.05) is 10.8 Å². The third kappa shape index (κ3) is 9.37. The number of nitrogens with one attached hydrogen (secondary N) is 1. The zero-order valence-electron chi connectivity index (χ0n) is 10.5. The number of hydrogen-bond acceptors (Lipinski definition) is 6. The molecule has 0 radical (unpaired) electrons. The van der Waals surface area contributed by atoms with Crippen LogP contribution in [0.25, 0.3) is 0 Å². The fraction of sp³-hybridized carbons (Fsp3) is 0.600. The highest BCUT2D eigenvalue weighted by molar-refractivity contribution is 8.76. The molecule has 0 aromatic rings. The van der Waals surface area contributed by atoms with E-state index in [1.54, 1.807) is 0 Å². The topological polar surface area (TPSA) is 132 Å². The third-order valence-electron chi connectivity index (χ3n) is 2.09. The van der Waals surface area contributed by atoms with Gasteiger partial charge < -0.3 is 11.5 Å². The van der Waals surface area contributed by atoms with Crippen LogP contribution in [0, 0.1) is 5.92 Å². The van der Waals surface area contributed by atoms with E-state index < -0.39 is 17.7 Å². The van der Waals surface area contributed by atoms with Crippen molar-refractivity contribution in [2.24, 2.45) is 17.4 Å². The molecule has 0 heterocycles. The van der Waals surface area contributed by atoms with E-state index in [4.69, 9.17) is 11.5 Å². The molecule has 0 aliphatic carbocycles. The number of amides is 3. The summed E-state index contributed by atoms with van der Waals surface area (Å²) in [7, 11) is 2.40. The predicted octanol–water partition coefficient (Wildman–Crippen LogP) is -0.255. The Hall–Kier alpha value is -1.22. The van der Waals surface area contributed by atoms with E-state index in [1.165, 1.54) is 17.7 Å². The minimum absolute atomic E-state index is 0.0485. The first-order chi connectivity index (χ1) is 8.84. The first-order valence-corrected chi connectivity index (χ1v) is 7.81. The molecule has 0 aliphatic heterocycles. The number of Topliss-reactive ketones (excluding diaryl/α,β-unsaturated/α-hetero) is 1. The molecule has 9 heteroatoms. The first-order valence-electron chi connectivity index (χ1n) is 5.50. The van der Waals surface area contributed by atoms with Gasteiger partial charge in [0.25, 0.3) is 0 Å². The zero-order chi connectivity index (χ0) is 14.8. The molecule has 108 valence electrons. The van der Waals surface area contributed by atoms with E-state index in [-0.39, 0.29) is 31.0 Å². The molecule has 0 bridgehead atoms. The van der Waals surface area contributed by atoms with E-state index in [0.717, 1.165) is 11.0 Å². The van der Waals surface area contributed by atoms with E-state index >= 15 is 0 Å². The van der Waals surface area contributed by atoms with Crippen LogP contribution in [0.2, 0.25) is 0 Å². The van der Waals surface area contributed by atoms with Gasteiger partial charge in [-0.3, -0.25) is 23.9 Å². The van der Waals surface area contributed by atoms with Crippen molar-refractivity contribution in [3.8, 4) is 0 Å². The Morgan fingerprint density at radius 1 is 1.16 bits per heavy atom. The van der Waals surface area contributed by atoms with Crippen LogP contribution in [0.4, 0.5) is 0 Å². The number of ketones is 1. The van der Waals surface area contributed by atoms with Gasteiger partial charge in [0.05, 0.1) is 5.92 Å². The Balaban J connectivity index is 4.01. The summed E-state index contributed by atoms with van der Waals surface area (Å²) in [4.78, 5) is 44.0. The summed E-state index contributed by atoms with van der Waals surface area (Å²) in [5, 5.41) is 0. The average Bonchev–Trinajstić information content (AvgIpc) is 2.27. The molecule has 0 fully saturated rings. The molecular weight excluding hydrogens is 290 g/mol. The van der Waals surface area contributed by atoms with E-state index in [0.29, 0.717) is 5.75 Å². The normalized spacial score (nSPS) is 11.6. The van der Waals surface area contributed by atoms with Crippen molar-refractivity contribution in [2.75, 3.05) is 5.75 Å². The van der Waals surface area contributed by atoms with Gasteiger partial charge >= 0.3 is 0 Å². The van der Waals surface area contributed by atoms with Crippen LogP contribution in [0.15, 0.2) is 0 Å². The van der Waals surface area contributed by atoms with E-state index in [2.05, 4.69) is 4.72 Å². The summed E-state index contributed by atoms with van der Waals surface area (Å²) in [5.41, 5.74) is 10.1. The Morgan fingerprint density at radius 2 is 1.79 bits per heavy atom. The van der Waals surface area contributed by atoms with Gasteiger partial charge in [-0.2, -0.15) is 0 Å². The van der Waals surface area contributed by atoms with Gasteiger partial charge in [0.15, 0.2) is 0 Å². The molecule has 19 heavy (non-hydrogen) atoms. The number of nitrogens with two attached hydrogens (primary N) is 2. The van der Waals surface area contributed by atoms with Crippen molar-refractivity contribution in [3.05, 3.63) is 0 Å². The van der Waals surface area contributed by atoms with Crippen molar-refractivity contribution in [1.29, 1.82) is 0 Å². The van der Waals surface area contributed by atoms with Crippen LogP contribution in [-0.2, 0) is 19.2 Å². The summed E-state index contributed by atoms with van der Waals surface area (Å²) in [6, 6.07) is 0. The molecule has 1 atom stereocenters. The number of primary amides is 2. The molecule has 0 aromatic heterocycles. The second-order valence-corrected chi connectivity index (χ2v) is 5.96. The van der Waals surface area contributed by atoms with Gasteiger partial charge in [-0.05, 0) is 6.42 Å². The van der Waals surface area contributed by atoms with Crippen molar-refractivity contribution in [1.82, 2.24) is 4.72 Å². The Morgan fingerprint density at radius 3 is 2.26 bits per heavy atom. The SMILES string of the molecule is CC(=O)NSSCCC(=O)C(CCC(N)=O)C(N)=O. The molecule has 0 spiro atoms. The summed E-state index contributed by atoms with van der Waals surface area (Å²) in [6.45, 7) is 1.38. The maximum atomic E-state index is 11.7. The second-order valence-electron chi connectivity index (χ2n) is 3.74. The lowest BCUT2D eigenvalue weighted by atomic mass is 9.96. The van der Waals surface area contributed by atoms with Crippen LogP contribution < -0.4 is 16.2 Å². The number of rotatable bonds is 10. The van der Waals surface area contributed by atoms with Crippen LogP contribution in [0.1, 0.15) is 26.2 Å². The van der Waals surface area contributed by atoms with Crippen molar-refractivity contribution >= 4 is 45.3 Å². The number of hydrogen-bond donors (Lipinski definition) is 3. The van der Waals surface area contributed by atoms with Gasteiger partial charge in [0.2, 0.25) is 17.7 Å². The lowest BCUT2D eigenvalue weighted by Gasteiger charge is -2.10. The van der Waals surface area contributed by atoms with Crippen LogP contribution in [-0.4, -0.2) is 29.3 Å². The quantitative estimate of drug-likeness (QED) is 0.220. The van der Waals surface area contributed by atoms with Crippen LogP contribution in [0.3, 0.4) is 0 Å². The standard InChI is InChI=1S/C10H17N3O4S2/c1-6(14)13-19-18-5-4-8(15)7(10(12)17)2-3-9(11)16/h7H,2-5H2,1H3,(H2,11,16)(H2,12,17)(H,13,14). The predicted molar refractivity (Wildman–Crippen MR) is 74.6 cm³/mol. The molecule has 7 nitrogen and oxygen atoms in total. The fourth-order valence-corrected chi connectivity index (χ4v) is 2.77. The van der Waals surface area contributed by atoms with Crippen molar-refractivity contribution < 1.29 is 19.2 Å². The Labute approximate surface area is 119 Å². The highest BCUT2D eigenvalue weighted by Gasteiger charge is 2.24. The number of carbonyl (C=O) groups excluding carboxylic acids is 4. The third-order valence-corrected chi connectivity index (χ3v) is 4.05. The summed E-state index contributed by atoms with van der Waals surface area (Å²) in [6.07, 6.45) is 0.143. The molecule has 0 aliphatic rings. The highest BCUT2D eigenvalue weighted by Crippen LogP contribution is 2.20. The van der Waals surface area contributed by atoms with Gasteiger partial charge in [0.1, 0.15) is 5.78 Å². The molecule has 5 N–H and O–H groups in total. The van der Waals surface area contributed by atoms with Gasteiger partial charge in [0, 0.05) is 36.5 Å². The monoisotopic (exact) mass is 307 g/mol. The molecule has 1 unspecified atom stereocenters. The summed E-state index contributed by atoms with van der Waals surface area (Å²) in [5.74, 6) is -2.35. The van der Waals surface area contributed by atoms with E-state index in [1.807, 2.05) is 0 Å². The molecule has 0 saturated heterocycles. The van der Waals surface area contributed by atoms with Crippen LogP contribution >= 0.6 is 21.8 Å². The average molecular weight is 307 g/mol. The number of carbonyl (C=O) groups is 4. The maximum absolute atomic E-state index is 11.7. The Bertz CT molecular complexity index is 363. The van der Waals surface area contributed by atoms with Crippen molar-refractivity contribution in [3.63, 3.8) is 0 Å². The van der Waals surface area contributed by atoms with Gasteiger partial charge in [-0.25, -0.2) is 0 Å². The van der Waals surface area contributed by atoms with Crippen molar-refractivity contribution in [2.45, 2.75) is 26.2 Å². The summed E-state index contributed by atoms with van der Waals surface area (Å²) >= 11 is 0. The lowest BCUT2D eigenvalue weighted by Crippen LogP contribution is -2.31. The zero-order valence-corrected chi connectivity index (χ0v) is 12.1. The second kappa shape index (κ2) is 9.68. The molecule has 0 saturated carbocycles. The first kappa shape index (κ1) is 17.8. The minimum Gasteiger partial charge on any atom is -0.370 e. The van der Waals surface area contributed by atoms with Gasteiger partial charge in [-0.15, -0.1) is 0 Å². The van der Waals surface area contributed by atoms with Crippen LogP contribution in [0.5, 0.6) is 0 Å². The Kier molecular flexibility index (Phi) is 9.06. The summed E-state index contributed by atoms with van der Waals surface area (Å²) < 4.78 is 2.49. The molecule has 0 rings (SSSR count). The van der Waals surface area contributed by atoms with E-state index in [9.17, 15) is 19.2 Å². The molecular formula is C10H17N3O4S2. The molecule has 3 amide bonds. The molecule has 0 aromatic carbocycles. The largest absolute Gasteiger partial charge is 0.370 e. The fourth-order valence-electron chi connectivity index (χ4n) is 1.19. The minimum atomic E-state index is -0.973. The lowest BCUT2D eigenvalue weighted by molar-refractivity contribution is -0.132. The smallest absolute Gasteiger partial charge is 0.228 e.